The zero-order valence-corrected chi connectivity index (χ0v) is 39.4. The SMILES string of the molecule is CN(Cc1ccc(C(=O)Nc2ccc(S(=O)(=O)N3CCOCC3)cc2)cc1)Cc1cccc(C2CN(S(=O)(=O)c3ccc(NC(=O)c4ccc(N5CCc6ccccc6C5)cc4)cc3)CCO2)c1. The van der Waals surface area contributed by atoms with E-state index in [1.54, 1.807) is 36.4 Å². The Hall–Kier alpha value is -6.24. The van der Waals surface area contributed by atoms with Crippen LogP contribution in [-0.4, -0.2) is 102 Å². The van der Waals surface area contributed by atoms with Gasteiger partial charge in [0.15, 0.2) is 0 Å². The number of anilines is 3. The summed E-state index contributed by atoms with van der Waals surface area (Å²) in [6, 6.07) is 43.8. The molecule has 9 rings (SSSR count). The highest BCUT2D eigenvalue weighted by molar-refractivity contribution is 7.89. The molecule has 68 heavy (non-hydrogen) atoms. The molecule has 0 radical (unpaired) electrons. The zero-order chi connectivity index (χ0) is 47.3. The molecule has 2 fully saturated rings. The lowest BCUT2D eigenvalue weighted by Gasteiger charge is -2.32. The lowest BCUT2D eigenvalue weighted by atomic mass is 9.99. The molecule has 3 aliphatic heterocycles. The number of rotatable bonds is 14. The van der Waals surface area contributed by atoms with Crippen LogP contribution in [0, 0.1) is 0 Å². The summed E-state index contributed by atoms with van der Waals surface area (Å²) in [5.41, 5.74) is 8.64. The van der Waals surface area contributed by atoms with Gasteiger partial charge in [0.2, 0.25) is 20.0 Å². The Balaban J connectivity index is 0.750. The van der Waals surface area contributed by atoms with Gasteiger partial charge in [-0.05, 0) is 126 Å². The number of hydrogen-bond donors (Lipinski definition) is 2. The predicted octanol–water partition coefficient (Wildman–Crippen LogP) is 7.17. The molecule has 14 nitrogen and oxygen atoms in total. The second kappa shape index (κ2) is 20.5. The van der Waals surface area contributed by atoms with Crippen molar-refractivity contribution < 1.29 is 35.9 Å². The van der Waals surface area contributed by atoms with Gasteiger partial charge in [-0.1, -0.05) is 60.7 Å². The molecule has 0 spiro atoms. The average Bonchev–Trinajstić information content (AvgIpc) is 3.37. The summed E-state index contributed by atoms with van der Waals surface area (Å²) in [7, 11) is -5.48. The van der Waals surface area contributed by atoms with Gasteiger partial charge < -0.3 is 25.0 Å². The van der Waals surface area contributed by atoms with Gasteiger partial charge in [0.25, 0.3) is 11.8 Å². The molecule has 3 aliphatic rings. The van der Waals surface area contributed by atoms with Crippen LogP contribution in [0.4, 0.5) is 17.1 Å². The number of hydrogen-bond acceptors (Lipinski definition) is 10. The van der Waals surface area contributed by atoms with Crippen LogP contribution in [0.1, 0.15) is 54.6 Å². The van der Waals surface area contributed by atoms with Crippen molar-refractivity contribution >= 4 is 48.9 Å². The standard InChI is InChI=1S/C52H54N6O8S2/c1-55(34-38-9-11-41(12-10-38)51(59)53-45-15-21-48(22-16-45)67(61,62)57-27-30-65-31-28-57)35-39-5-4-8-43(33-39)50-37-58(29-32-66-50)68(63,64)49-23-17-46(18-24-49)54-52(60)42-13-19-47(20-14-42)56-26-25-40-6-2-3-7-44(40)36-56/h2-24,33,50H,25-32,34-37H2,1H3,(H,53,59)(H,54,60). The van der Waals surface area contributed by atoms with E-state index in [2.05, 4.69) is 44.7 Å². The van der Waals surface area contributed by atoms with Crippen LogP contribution >= 0.6 is 0 Å². The second-order valence-corrected chi connectivity index (χ2v) is 21.2. The topological polar surface area (TPSA) is 158 Å². The van der Waals surface area contributed by atoms with Crippen molar-refractivity contribution in [3.8, 4) is 0 Å². The first-order valence-corrected chi connectivity index (χ1v) is 25.6. The fraction of sp³-hybridized carbons (Fsp3) is 0.269. The first-order chi connectivity index (χ1) is 32.9. The van der Waals surface area contributed by atoms with Gasteiger partial charge in [-0.3, -0.25) is 14.5 Å². The van der Waals surface area contributed by atoms with Crippen LogP contribution in [0.15, 0.2) is 155 Å². The Labute approximate surface area is 398 Å². The van der Waals surface area contributed by atoms with Crippen LogP contribution < -0.4 is 15.5 Å². The average molecular weight is 955 g/mol. The van der Waals surface area contributed by atoms with Crippen molar-refractivity contribution in [3.05, 3.63) is 185 Å². The number of benzene rings is 6. The quantitative estimate of drug-likeness (QED) is 0.115. The molecule has 6 aromatic carbocycles. The fourth-order valence-electron chi connectivity index (χ4n) is 8.83. The molecule has 1 atom stereocenters. The van der Waals surface area contributed by atoms with Gasteiger partial charge in [-0.15, -0.1) is 0 Å². The number of amides is 2. The Morgan fingerprint density at radius 2 is 1.16 bits per heavy atom. The Kier molecular flexibility index (Phi) is 14.2. The minimum atomic E-state index is -3.85. The maximum absolute atomic E-state index is 13.9. The van der Waals surface area contributed by atoms with Crippen molar-refractivity contribution in [2.75, 3.05) is 75.1 Å². The number of nitrogens with zero attached hydrogens (tertiary/aromatic N) is 4. The summed E-state index contributed by atoms with van der Waals surface area (Å²) in [6.45, 7) is 4.93. The predicted molar refractivity (Wildman–Crippen MR) is 262 cm³/mol. The van der Waals surface area contributed by atoms with Crippen molar-refractivity contribution in [1.82, 2.24) is 13.5 Å². The lowest BCUT2D eigenvalue weighted by molar-refractivity contribution is -0.00261. The summed E-state index contributed by atoms with van der Waals surface area (Å²) < 4.78 is 67.9. The molecule has 0 bridgehead atoms. The normalized spacial score (nSPS) is 17.1. The number of carbonyl (C=O) groups excluding carboxylic acids is 2. The highest BCUT2D eigenvalue weighted by Crippen LogP contribution is 2.29. The third kappa shape index (κ3) is 10.9. The molecule has 0 saturated carbocycles. The number of fused-ring (bicyclic) bond motifs is 1. The van der Waals surface area contributed by atoms with Gasteiger partial charge >= 0.3 is 0 Å². The molecule has 352 valence electrons. The van der Waals surface area contributed by atoms with Gasteiger partial charge in [-0.25, -0.2) is 16.8 Å². The summed E-state index contributed by atoms with van der Waals surface area (Å²) in [5, 5.41) is 5.74. The number of sulfonamides is 2. The highest BCUT2D eigenvalue weighted by Gasteiger charge is 2.32. The van der Waals surface area contributed by atoms with Crippen LogP contribution in [0.25, 0.3) is 0 Å². The fourth-order valence-corrected chi connectivity index (χ4v) is 11.7. The van der Waals surface area contributed by atoms with Gasteiger partial charge in [0.05, 0.1) is 35.7 Å². The maximum Gasteiger partial charge on any atom is 0.255 e. The molecule has 2 saturated heterocycles. The van der Waals surface area contributed by atoms with Crippen molar-refractivity contribution in [2.45, 2.75) is 42.0 Å². The smallest absolute Gasteiger partial charge is 0.255 e. The van der Waals surface area contributed by atoms with E-state index in [1.807, 2.05) is 67.7 Å². The molecule has 0 aromatic heterocycles. The largest absolute Gasteiger partial charge is 0.379 e. The van der Waals surface area contributed by atoms with Gasteiger partial charge in [0, 0.05) is 80.5 Å². The number of morpholine rings is 2. The monoisotopic (exact) mass is 954 g/mol. The van der Waals surface area contributed by atoms with E-state index < -0.39 is 26.2 Å². The molecule has 6 aromatic rings. The second-order valence-electron chi connectivity index (χ2n) is 17.3. The van der Waals surface area contributed by atoms with Crippen molar-refractivity contribution in [1.29, 1.82) is 0 Å². The molecular formula is C52H54N6O8S2. The van der Waals surface area contributed by atoms with Crippen LogP contribution in [0.3, 0.4) is 0 Å². The molecule has 0 aliphatic carbocycles. The molecule has 3 heterocycles. The van der Waals surface area contributed by atoms with Crippen molar-refractivity contribution in [2.24, 2.45) is 0 Å². The van der Waals surface area contributed by atoms with E-state index in [9.17, 15) is 26.4 Å². The van der Waals surface area contributed by atoms with Crippen molar-refractivity contribution in [3.63, 3.8) is 0 Å². The zero-order valence-electron chi connectivity index (χ0n) is 37.8. The minimum absolute atomic E-state index is 0.136. The summed E-state index contributed by atoms with van der Waals surface area (Å²) >= 11 is 0. The number of ether oxygens (including phenoxy) is 2. The number of carbonyl (C=O) groups is 2. The van der Waals surface area contributed by atoms with E-state index in [-0.39, 0.29) is 41.3 Å². The lowest BCUT2D eigenvalue weighted by Crippen LogP contribution is -2.42. The van der Waals surface area contributed by atoms with E-state index in [1.165, 1.54) is 44.0 Å². The molecular weight excluding hydrogens is 901 g/mol. The molecule has 2 amide bonds. The van der Waals surface area contributed by atoms with Crippen LogP contribution in [0.5, 0.6) is 0 Å². The molecule has 16 heteroatoms. The highest BCUT2D eigenvalue weighted by atomic mass is 32.2. The number of nitrogens with one attached hydrogen (secondary N) is 2. The third-order valence-corrected chi connectivity index (χ3v) is 16.4. The van der Waals surface area contributed by atoms with E-state index in [0.717, 1.165) is 41.9 Å². The Morgan fingerprint density at radius 1 is 0.603 bits per heavy atom. The van der Waals surface area contributed by atoms with E-state index in [0.29, 0.717) is 61.9 Å². The molecule has 1 unspecified atom stereocenters. The van der Waals surface area contributed by atoms with Gasteiger partial charge in [0.1, 0.15) is 0 Å². The first-order valence-electron chi connectivity index (χ1n) is 22.7. The summed E-state index contributed by atoms with van der Waals surface area (Å²) in [5.74, 6) is -0.585. The van der Waals surface area contributed by atoms with E-state index >= 15 is 0 Å². The van der Waals surface area contributed by atoms with Crippen LogP contribution in [0.2, 0.25) is 0 Å². The summed E-state index contributed by atoms with van der Waals surface area (Å²) in [6.07, 6.45) is 0.519. The summed E-state index contributed by atoms with van der Waals surface area (Å²) in [4.78, 5) is 31.0. The molecule has 2 N–H and O–H groups in total. The minimum Gasteiger partial charge on any atom is -0.379 e. The Morgan fingerprint density at radius 3 is 1.79 bits per heavy atom. The Bertz CT molecular complexity index is 2970. The van der Waals surface area contributed by atoms with Crippen LogP contribution in [-0.2, 0) is 55.6 Å². The first kappa shape index (κ1) is 46.9. The maximum atomic E-state index is 13.9. The third-order valence-electron chi connectivity index (χ3n) is 12.6. The van der Waals surface area contributed by atoms with Gasteiger partial charge in [-0.2, -0.15) is 8.61 Å². The van der Waals surface area contributed by atoms with E-state index in [4.69, 9.17) is 9.47 Å².